The maximum atomic E-state index is 12.8. The molecule has 0 spiro atoms. The lowest BCUT2D eigenvalue weighted by atomic mass is 9.90. The molecule has 3 rings (SSSR count). The second-order valence-corrected chi connectivity index (χ2v) is 9.73. The van der Waals surface area contributed by atoms with E-state index in [0.717, 1.165) is 37.6 Å². The van der Waals surface area contributed by atoms with Crippen molar-refractivity contribution >= 4 is 28.8 Å². The second-order valence-electron chi connectivity index (χ2n) is 9.73. The van der Waals surface area contributed by atoms with E-state index in [1.807, 2.05) is 81.5 Å². The molecule has 7 heteroatoms. The van der Waals surface area contributed by atoms with Crippen molar-refractivity contribution in [3.05, 3.63) is 66.0 Å². The lowest BCUT2D eigenvalue weighted by Gasteiger charge is -2.34. The van der Waals surface area contributed by atoms with Gasteiger partial charge in [-0.15, -0.1) is 0 Å². The number of carbonyl (C=O) groups excluding carboxylic acids is 1. The van der Waals surface area contributed by atoms with E-state index in [-0.39, 0.29) is 11.4 Å². The summed E-state index contributed by atoms with van der Waals surface area (Å²) in [6, 6.07) is 15.7. The summed E-state index contributed by atoms with van der Waals surface area (Å²) in [4.78, 5) is 17.4. The van der Waals surface area contributed by atoms with Crippen LogP contribution in [0.15, 0.2) is 60.4 Å². The summed E-state index contributed by atoms with van der Waals surface area (Å²) in [6.07, 6.45) is 1.72. The largest absolute Gasteiger partial charge is 0.369 e. The third-order valence-corrected chi connectivity index (χ3v) is 5.76. The highest BCUT2D eigenvalue weighted by atomic mass is 16.2. The average molecular weight is 450 g/mol. The minimum atomic E-state index is -0.335. The number of urea groups is 1. The monoisotopic (exact) mass is 449 g/mol. The number of likely N-dealkylation sites (N-methyl/N-ethyl adjacent to an activating group) is 1. The minimum absolute atomic E-state index is 0.316. The first-order chi connectivity index (χ1) is 15.6. The van der Waals surface area contributed by atoms with Crippen LogP contribution >= 0.6 is 0 Å². The highest BCUT2D eigenvalue weighted by Crippen LogP contribution is 2.19. The van der Waals surface area contributed by atoms with E-state index in [0.29, 0.717) is 11.5 Å². The molecular weight excluding hydrogens is 412 g/mol. The topological polar surface area (TPSA) is 88.1 Å². The Morgan fingerprint density at radius 2 is 1.61 bits per heavy atom. The molecule has 1 aliphatic rings. The van der Waals surface area contributed by atoms with Crippen LogP contribution in [0.2, 0.25) is 0 Å². The molecule has 0 aliphatic carbocycles. The molecule has 1 heterocycles. The van der Waals surface area contributed by atoms with Gasteiger partial charge in [0.15, 0.2) is 0 Å². The number of carbonyl (C=O) groups is 1. The van der Waals surface area contributed by atoms with Crippen LogP contribution in [0, 0.1) is 17.7 Å². The van der Waals surface area contributed by atoms with Crippen LogP contribution in [0.5, 0.6) is 0 Å². The van der Waals surface area contributed by atoms with Crippen LogP contribution in [-0.4, -0.2) is 49.9 Å². The van der Waals surface area contributed by atoms with E-state index < -0.39 is 0 Å². The standard InChI is InChI=1S/C26H36N6O/c1-19-6-8-20(9-7-19)28-24(18-23(27)26(2,3)4)30-25(33)29-21-10-12-22(13-11-21)32-16-14-31(5)15-17-32/h6-13,18,27-28H,14-17H2,1-5H3,(H2,29,30,33)/p+1. The van der Waals surface area contributed by atoms with Gasteiger partial charge in [-0.2, -0.15) is 0 Å². The number of hydrogen-bond donors (Lipinski definition) is 4. The summed E-state index contributed by atoms with van der Waals surface area (Å²) >= 11 is 0. The molecule has 176 valence electrons. The van der Waals surface area contributed by atoms with Crippen LogP contribution in [0.4, 0.5) is 21.9 Å². The number of amides is 2. The third-order valence-electron chi connectivity index (χ3n) is 5.76. The molecule has 5 N–H and O–H groups in total. The Hall–Kier alpha value is -3.16. The number of piperazine rings is 1. The van der Waals surface area contributed by atoms with Gasteiger partial charge in [-0.1, -0.05) is 38.5 Å². The van der Waals surface area contributed by atoms with Gasteiger partial charge in [-0.3, -0.25) is 10.6 Å². The number of nitrogens with two attached hydrogens (primary N) is 1. The van der Waals surface area contributed by atoms with E-state index in [9.17, 15) is 4.79 Å². The lowest BCUT2D eigenvalue weighted by molar-refractivity contribution is -0.522. The molecule has 1 saturated heterocycles. The molecule has 2 amide bonds. The maximum Gasteiger partial charge on any atom is 0.327 e. The minimum Gasteiger partial charge on any atom is -0.369 e. The van der Waals surface area contributed by atoms with Crippen molar-refractivity contribution in [3.63, 3.8) is 0 Å². The van der Waals surface area contributed by atoms with Gasteiger partial charge in [0, 0.05) is 54.8 Å². The number of hydrogen-bond acceptors (Lipinski definition) is 4. The number of rotatable bonds is 6. The highest BCUT2D eigenvalue weighted by Gasteiger charge is 2.19. The Morgan fingerprint density at radius 1 is 1.00 bits per heavy atom. The van der Waals surface area contributed by atoms with Crippen LogP contribution in [0.3, 0.4) is 0 Å². The smallest absolute Gasteiger partial charge is 0.327 e. The fraction of sp³-hybridized carbons (Fsp3) is 0.385. The van der Waals surface area contributed by atoms with Crippen LogP contribution in [0.1, 0.15) is 26.3 Å². The van der Waals surface area contributed by atoms with Gasteiger partial charge in [0.2, 0.25) is 5.82 Å². The Labute approximate surface area is 197 Å². The molecular formula is C26H37N6O+. The van der Waals surface area contributed by atoms with Crippen LogP contribution in [-0.2, 0) is 0 Å². The molecule has 1 aliphatic heterocycles. The van der Waals surface area contributed by atoms with Gasteiger partial charge in [-0.25, -0.2) is 4.79 Å². The van der Waals surface area contributed by atoms with Crippen LogP contribution in [0.25, 0.3) is 0 Å². The predicted molar refractivity (Wildman–Crippen MR) is 136 cm³/mol. The number of benzene rings is 2. The SMILES string of the molecule is Cc1ccc([NH2+]C(=CC(=N)C(C)(C)C)NC(=O)Nc2ccc(N3CCN(C)CC3)cc2)cc1. The van der Waals surface area contributed by atoms with Gasteiger partial charge in [0.25, 0.3) is 0 Å². The maximum absolute atomic E-state index is 12.8. The fourth-order valence-corrected chi connectivity index (χ4v) is 3.44. The number of quaternary nitrogens is 1. The van der Waals surface area contributed by atoms with Gasteiger partial charge < -0.3 is 20.5 Å². The van der Waals surface area contributed by atoms with Gasteiger partial charge in [-0.05, 0) is 50.4 Å². The molecule has 1 fully saturated rings. The summed E-state index contributed by atoms with van der Waals surface area (Å²) in [5, 5.41) is 16.1. The van der Waals surface area contributed by atoms with E-state index in [1.54, 1.807) is 6.08 Å². The summed E-state index contributed by atoms with van der Waals surface area (Å²) in [6.45, 7) is 12.1. The first-order valence-corrected chi connectivity index (χ1v) is 11.4. The molecule has 0 saturated carbocycles. The molecule has 0 aromatic heterocycles. The molecule has 2 aromatic carbocycles. The van der Waals surface area contributed by atoms with E-state index >= 15 is 0 Å². The van der Waals surface area contributed by atoms with Gasteiger partial charge >= 0.3 is 6.03 Å². The highest BCUT2D eigenvalue weighted by molar-refractivity contribution is 5.97. The van der Waals surface area contributed by atoms with E-state index in [1.165, 1.54) is 11.3 Å². The quantitative estimate of drug-likeness (QED) is 0.401. The summed E-state index contributed by atoms with van der Waals surface area (Å²) in [5.41, 5.74) is 4.16. The number of aryl methyl sites for hydroxylation is 1. The van der Waals surface area contributed by atoms with Crippen molar-refractivity contribution in [2.24, 2.45) is 5.41 Å². The van der Waals surface area contributed by atoms with Crippen molar-refractivity contribution in [1.29, 1.82) is 5.41 Å². The van der Waals surface area contributed by atoms with Crippen molar-refractivity contribution < 1.29 is 10.1 Å². The number of nitrogens with one attached hydrogen (secondary N) is 3. The van der Waals surface area contributed by atoms with E-state index in [4.69, 9.17) is 5.41 Å². The Morgan fingerprint density at radius 3 is 2.18 bits per heavy atom. The third kappa shape index (κ3) is 7.44. The Kier molecular flexibility index (Phi) is 7.89. The van der Waals surface area contributed by atoms with Gasteiger partial charge in [0.1, 0.15) is 5.69 Å². The summed E-state index contributed by atoms with van der Waals surface area (Å²) in [5.74, 6) is 0.574. The normalized spacial score (nSPS) is 15.3. The molecule has 7 nitrogen and oxygen atoms in total. The fourth-order valence-electron chi connectivity index (χ4n) is 3.44. The molecule has 0 atom stereocenters. The zero-order valence-corrected chi connectivity index (χ0v) is 20.4. The Balaban J connectivity index is 1.66. The average Bonchev–Trinajstić information content (AvgIpc) is 2.76. The molecule has 0 unspecified atom stereocenters. The van der Waals surface area contributed by atoms with Crippen LogP contribution < -0.4 is 20.9 Å². The first kappa shape index (κ1) is 24.5. The summed E-state index contributed by atoms with van der Waals surface area (Å²) in [7, 11) is 2.14. The lowest BCUT2D eigenvalue weighted by Crippen LogP contribution is -2.79. The zero-order chi connectivity index (χ0) is 24.0. The van der Waals surface area contributed by atoms with Crippen molar-refractivity contribution in [1.82, 2.24) is 10.2 Å². The van der Waals surface area contributed by atoms with Crippen molar-refractivity contribution in [2.75, 3.05) is 43.4 Å². The summed E-state index contributed by atoms with van der Waals surface area (Å²) < 4.78 is 0. The van der Waals surface area contributed by atoms with Crippen molar-refractivity contribution in [3.8, 4) is 0 Å². The zero-order valence-electron chi connectivity index (χ0n) is 20.4. The first-order valence-electron chi connectivity index (χ1n) is 11.4. The second kappa shape index (κ2) is 10.6. The molecule has 33 heavy (non-hydrogen) atoms. The molecule has 0 radical (unpaired) electrons. The number of allylic oxidation sites excluding steroid dienone is 1. The number of nitrogens with zero attached hydrogens (tertiary/aromatic N) is 2. The molecule has 0 bridgehead atoms. The van der Waals surface area contributed by atoms with Crippen molar-refractivity contribution in [2.45, 2.75) is 27.7 Å². The van der Waals surface area contributed by atoms with E-state index in [2.05, 4.69) is 27.5 Å². The number of anilines is 2. The predicted octanol–water partition coefficient (Wildman–Crippen LogP) is 3.67. The Bertz CT molecular complexity index is 981. The van der Waals surface area contributed by atoms with Gasteiger partial charge in [0.05, 0.1) is 0 Å². The molecule has 2 aromatic rings.